The number of hydrogen-bond acceptors (Lipinski definition) is 3. The standard InChI is InChI=1S/C4H4N2.K.H3O3P.H2O.H/c1-2-5-4-6-3-1;;1-4(2)3;;/h1-4H;;4H,(H2,1,2,3);1H2;. The van der Waals surface area contributed by atoms with Crippen LogP contribution in [0.2, 0.25) is 0 Å². The van der Waals surface area contributed by atoms with Crippen molar-refractivity contribution < 1.29 is 19.8 Å². The summed E-state index contributed by atoms with van der Waals surface area (Å²) in [5, 5.41) is 0. The fraction of sp³-hybridized carbons (Fsp3) is 0. The fourth-order valence-electron chi connectivity index (χ4n) is 0.253. The zero-order valence-corrected chi connectivity index (χ0v) is 6.51. The number of aromatic nitrogens is 2. The summed E-state index contributed by atoms with van der Waals surface area (Å²) in [5.74, 6) is 0. The van der Waals surface area contributed by atoms with Gasteiger partial charge in [-0.3, -0.25) is 4.57 Å². The van der Waals surface area contributed by atoms with Crippen LogP contribution >= 0.6 is 8.25 Å². The first kappa shape index (κ1) is 18.6. The second kappa shape index (κ2) is 14.4. The molecule has 0 atom stereocenters. The first-order valence-electron chi connectivity index (χ1n) is 2.35. The molecule has 0 saturated heterocycles. The number of nitrogens with zero attached hydrogens (tertiary/aromatic N) is 2. The van der Waals surface area contributed by atoms with Crippen LogP contribution in [0, 0.1) is 0 Å². The van der Waals surface area contributed by atoms with E-state index in [0.29, 0.717) is 0 Å². The second-order valence-electron chi connectivity index (χ2n) is 1.19. The SMILES string of the molecule is O.O=[PH](O)O.[KH].c1cncnc1. The largest absolute Gasteiger partial charge is 0.245 e. The minimum atomic E-state index is -3.13. The van der Waals surface area contributed by atoms with Gasteiger partial charge in [-0.15, -0.1) is 0 Å². The van der Waals surface area contributed by atoms with Crippen LogP contribution in [-0.4, -0.2) is 76.6 Å². The van der Waals surface area contributed by atoms with E-state index in [0.717, 1.165) is 0 Å². The van der Waals surface area contributed by atoms with E-state index < -0.39 is 8.25 Å². The zero-order valence-electron chi connectivity index (χ0n) is 5.51. The monoisotopic (exact) mass is 220 g/mol. The Morgan fingerprint density at radius 3 is 1.58 bits per heavy atom. The first-order chi connectivity index (χ1) is 4.73. The third kappa shape index (κ3) is 22.4. The van der Waals surface area contributed by atoms with Crippen molar-refractivity contribution in [3.8, 4) is 0 Å². The van der Waals surface area contributed by atoms with Crippen molar-refractivity contribution >= 4 is 59.6 Å². The Morgan fingerprint density at radius 1 is 1.17 bits per heavy atom. The summed E-state index contributed by atoms with van der Waals surface area (Å²) in [5.41, 5.74) is 0. The maximum Gasteiger partial charge on any atom is 0.115 e. The van der Waals surface area contributed by atoms with E-state index in [-0.39, 0.29) is 56.9 Å². The van der Waals surface area contributed by atoms with Crippen molar-refractivity contribution in [3.63, 3.8) is 0 Å². The van der Waals surface area contributed by atoms with Gasteiger partial charge in [0.05, 0.1) is 0 Å². The molecule has 4 N–H and O–H groups in total. The van der Waals surface area contributed by atoms with E-state index in [2.05, 4.69) is 9.97 Å². The predicted octanol–water partition coefficient (Wildman–Crippen LogP) is -1.64. The molecule has 0 bridgehead atoms. The molecule has 12 heavy (non-hydrogen) atoms. The predicted molar refractivity (Wildman–Crippen MR) is 46.2 cm³/mol. The summed E-state index contributed by atoms with van der Waals surface area (Å²) in [6.07, 6.45) is 4.88. The van der Waals surface area contributed by atoms with Crippen LogP contribution in [0.25, 0.3) is 0 Å². The van der Waals surface area contributed by atoms with E-state index in [1.807, 2.05) is 0 Å². The maximum atomic E-state index is 8.74. The molecule has 0 amide bonds. The van der Waals surface area contributed by atoms with Gasteiger partial charge < -0.3 is 15.3 Å². The van der Waals surface area contributed by atoms with Gasteiger partial charge in [0, 0.05) is 12.4 Å². The maximum absolute atomic E-state index is 8.74. The zero-order chi connectivity index (χ0) is 7.82. The Kier molecular flexibility index (Phi) is 22.2. The fourth-order valence-corrected chi connectivity index (χ4v) is 0.253. The van der Waals surface area contributed by atoms with Crippen LogP contribution in [0.1, 0.15) is 0 Å². The van der Waals surface area contributed by atoms with Crippen molar-refractivity contribution in [2.75, 3.05) is 0 Å². The molecule has 8 heteroatoms. The minimum Gasteiger partial charge on any atom is -0.245 e. The Balaban J connectivity index is -0.000000124. The molecule has 0 aliphatic heterocycles. The summed E-state index contributed by atoms with van der Waals surface area (Å²) in [6, 6.07) is 1.78. The van der Waals surface area contributed by atoms with E-state index >= 15 is 0 Å². The van der Waals surface area contributed by atoms with Crippen molar-refractivity contribution in [1.29, 1.82) is 0 Å². The van der Waals surface area contributed by atoms with E-state index in [4.69, 9.17) is 14.4 Å². The van der Waals surface area contributed by atoms with Crippen LogP contribution < -0.4 is 0 Å². The average molecular weight is 220 g/mol. The van der Waals surface area contributed by atoms with E-state index in [9.17, 15) is 0 Å². The van der Waals surface area contributed by atoms with Crippen molar-refractivity contribution in [2.45, 2.75) is 0 Å². The molecular weight excluding hydrogens is 210 g/mol. The van der Waals surface area contributed by atoms with Gasteiger partial charge in [0.1, 0.15) is 6.33 Å². The average Bonchev–Trinajstić information content (AvgIpc) is 1.90. The molecule has 1 aromatic heterocycles. The van der Waals surface area contributed by atoms with Gasteiger partial charge in [0.15, 0.2) is 0 Å². The second-order valence-corrected chi connectivity index (χ2v) is 1.75. The van der Waals surface area contributed by atoms with Gasteiger partial charge in [0.25, 0.3) is 0 Å². The molecule has 6 nitrogen and oxygen atoms in total. The molecule has 1 aromatic rings. The molecule has 0 spiro atoms. The number of hydrogen-bond donors (Lipinski definition) is 2. The summed E-state index contributed by atoms with van der Waals surface area (Å²) >= 11 is 0. The van der Waals surface area contributed by atoms with Crippen LogP contribution in [0.4, 0.5) is 0 Å². The molecule has 0 saturated carbocycles. The smallest absolute Gasteiger partial charge is 0.115 e. The van der Waals surface area contributed by atoms with Crippen LogP contribution in [0.5, 0.6) is 0 Å². The van der Waals surface area contributed by atoms with Gasteiger partial charge >= 0.3 is 59.6 Å². The van der Waals surface area contributed by atoms with Gasteiger partial charge in [-0.25, -0.2) is 9.97 Å². The summed E-state index contributed by atoms with van der Waals surface area (Å²) in [7, 11) is -3.13. The molecule has 66 valence electrons. The van der Waals surface area contributed by atoms with Gasteiger partial charge in [-0.2, -0.15) is 0 Å². The summed E-state index contributed by atoms with van der Waals surface area (Å²) < 4.78 is 8.74. The van der Waals surface area contributed by atoms with E-state index in [1.54, 1.807) is 18.5 Å². The molecule has 0 fully saturated rings. The molecule has 0 aliphatic rings. The molecule has 1 heterocycles. The quantitative estimate of drug-likeness (QED) is 0.402. The van der Waals surface area contributed by atoms with Gasteiger partial charge in [-0.05, 0) is 6.07 Å². The van der Waals surface area contributed by atoms with Crippen molar-refractivity contribution in [3.05, 3.63) is 24.8 Å². The molecule has 0 aromatic carbocycles. The Labute approximate surface area is 113 Å². The molecular formula is C4H10KN2O4P. The minimum absolute atomic E-state index is 0. The van der Waals surface area contributed by atoms with Gasteiger partial charge in [-0.1, -0.05) is 0 Å². The molecule has 0 aliphatic carbocycles. The third-order valence-corrected chi connectivity index (χ3v) is 0.478. The Morgan fingerprint density at radius 2 is 1.50 bits per heavy atom. The summed E-state index contributed by atoms with van der Waals surface area (Å²) in [6.45, 7) is 0. The van der Waals surface area contributed by atoms with E-state index in [1.165, 1.54) is 6.33 Å². The van der Waals surface area contributed by atoms with Crippen LogP contribution in [-0.2, 0) is 4.57 Å². The van der Waals surface area contributed by atoms with Crippen LogP contribution in [0.15, 0.2) is 24.8 Å². The molecule has 0 unspecified atom stereocenters. The normalized spacial score (nSPS) is 6.92. The Bertz CT molecular complexity index is 157. The third-order valence-electron chi connectivity index (χ3n) is 0.478. The van der Waals surface area contributed by atoms with Crippen LogP contribution in [0.3, 0.4) is 0 Å². The van der Waals surface area contributed by atoms with Crippen molar-refractivity contribution in [1.82, 2.24) is 9.97 Å². The summed E-state index contributed by atoms with van der Waals surface area (Å²) in [4.78, 5) is 21.7. The van der Waals surface area contributed by atoms with Crippen molar-refractivity contribution in [2.24, 2.45) is 0 Å². The molecule has 0 radical (unpaired) electrons. The number of rotatable bonds is 0. The molecule has 1 rings (SSSR count). The Hall–Kier alpha value is 0.826. The first-order valence-corrected chi connectivity index (χ1v) is 3.65. The van der Waals surface area contributed by atoms with Gasteiger partial charge in [0.2, 0.25) is 0 Å². The topological polar surface area (TPSA) is 115 Å².